The number of carbonyl (C=O) groups excluding carboxylic acids is 1. The van der Waals surface area contributed by atoms with E-state index in [0.717, 1.165) is 74.4 Å². The van der Waals surface area contributed by atoms with E-state index in [1.807, 2.05) is 30.3 Å². The zero-order valence-corrected chi connectivity index (χ0v) is 35.2. The molecule has 1 atom stereocenters. The van der Waals surface area contributed by atoms with Gasteiger partial charge in [-0.1, -0.05) is 60.8 Å². The van der Waals surface area contributed by atoms with Crippen LogP contribution in [0.15, 0.2) is 89.6 Å². The molecule has 5 aromatic rings. The van der Waals surface area contributed by atoms with Crippen molar-refractivity contribution < 1.29 is 32.2 Å². The van der Waals surface area contributed by atoms with Crippen molar-refractivity contribution in [2.75, 3.05) is 64.1 Å². The summed E-state index contributed by atoms with van der Waals surface area (Å²) in [5, 5.41) is 8.47. The highest BCUT2D eigenvalue weighted by molar-refractivity contribution is 7.90. The fraction of sp³-hybridized carbons (Fsp3) is 0.372. The van der Waals surface area contributed by atoms with Crippen molar-refractivity contribution in [1.82, 2.24) is 24.8 Å². The summed E-state index contributed by atoms with van der Waals surface area (Å²) in [6.45, 7) is 10.2. The second kappa shape index (κ2) is 17.5. The predicted molar refractivity (Wildman–Crippen MR) is 227 cm³/mol. The number of H-pyrrole nitrogens is 1. The number of pyridine rings is 1. The molecule has 0 radical (unpaired) electrons. The van der Waals surface area contributed by atoms with Crippen LogP contribution in [0, 0.1) is 5.41 Å². The lowest BCUT2D eigenvalue weighted by molar-refractivity contribution is -0.102. The Morgan fingerprint density at radius 2 is 1.81 bits per heavy atom. The van der Waals surface area contributed by atoms with Crippen molar-refractivity contribution in [3.05, 3.63) is 106 Å². The third-order valence-corrected chi connectivity index (χ3v) is 12.8. The quantitative estimate of drug-likeness (QED) is 0.127. The Morgan fingerprint density at radius 1 is 1.00 bits per heavy atom. The van der Waals surface area contributed by atoms with Gasteiger partial charge >= 0.3 is 0 Å². The van der Waals surface area contributed by atoms with E-state index in [4.69, 9.17) is 42.1 Å². The molecule has 2 aliphatic heterocycles. The van der Waals surface area contributed by atoms with Gasteiger partial charge in [0.25, 0.3) is 15.9 Å². The Kier molecular flexibility index (Phi) is 12.2. The lowest BCUT2D eigenvalue weighted by Crippen LogP contribution is -2.47. The lowest BCUT2D eigenvalue weighted by Gasteiger charge is -2.39. The number of ether oxygens (including phenoxy) is 4. The molecule has 8 rings (SSSR count). The van der Waals surface area contributed by atoms with E-state index in [-0.39, 0.29) is 45.2 Å². The van der Waals surface area contributed by atoms with Gasteiger partial charge in [-0.2, -0.15) is 5.10 Å². The molecule has 16 heteroatoms. The van der Waals surface area contributed by atoms with Gasteiger partial charge in [-0.3, -0.25) is 14.8 Å². The molecular formula is C43H46Cl2N6O7S. The van der Waals surface area contributed by atoms with Crippen molar-refractivity contribution in [1.29, 1.82) is 0 Å². The topological polar surface area (TPSA) is 148 Å². The van der Waals surface area contributed by atoms with Gasteiger partial charge in [-0.15, -0.1) is 0 Å². The zero-order chi connectivity index (χ0) is 41.1. The highest BCUT2D eigenvalue weighted by Crippen LogP contribution is 2.43. The zero-order valence-electron chi connectivity index (χ0n) is 32.9. The first kappa shape index (κ1) is 41.1. The normalized spacial score (nSPS) is 18.8. The maximum Gasteiger partial charge on any atom is 0.268 e. The van der Waals surface area contributed by atoms with Gasteiger partial charge in [0.2, 0.25) is 5.88 Å². The third-order valence-electron chi connectivity index (χ3n) is 11.0. The molecule has 59 heavy (non-hydrogen) atoms. The molecule has 310 valence electrons. The van der Waals surface area contributed by atoms with Crippen molar-refractivity contribution in [3.8, 4) is 17.4 Å². The van der Waals surface area contributed by atoms with Crippen molar-refractivity contribution in [2.45, 2.75) is 44.1 Å². The molecule has 3 aromatic carbocycles. The highest BCUT2D eigenvalue weighted by Gasteiger charge is 2.30. The van der Waals surface area contributed by atoms with Crippen LogP contribution >= 0.6 is 23.2 Å². The molecule has 0 saturated carbocycles. The number of benzene rings is 3. The fourth-order valence-electron chi connectivity index (χ4n) is 7.73. The Morgan fingerprint density at radius 3 is 2.58 bits per heavy atom. The Hall–Kier alpha value is -4.70. The minimum Gasteiger partial charge on any atom is -0.474 e. The molecule has 3 aliphatic rings. The summed E-state index contributed by atoms with van der Waals surface area (Å²) < 4.78 is 52.3. The number of nitrogens with zero attached hydrogens (tertiary/aromatic N) is 4. The summed E-state index contributed by atoms with van der Waals surface area (Å²) in [7, 11) is -4.42. The smallest absolute Gasteiger partial charge is 0.268 e. The van der Waals surface area contributed by atoms with Gasteiger partial charge in [0.15, 0.2) is 0 Å². The van der Waals surface area contributed by atoms with E-state index >= 15 is 0 Å². The van der Waals surface area contributed by atoms with Crippen molar-refractivity contribution in [2.24, 2.45) is 5.41 Å². The van der Waals surface area contributed by atoms with E-state index in [2.05, 4.69) is 55.7 Å². The molecule has 1 unspecified atom stereocenters. The fourth-order valence-corrected chi connectivity index (χ4v) is 9.08. The number of halogens is 2. The van der Waals surface area contributed by atoms with E-state index in [1.165, 1.54) is 22.8 Å². The predicted octanol–water partition coefficient (Wildman–Crippen LogP) is 7.76. The first-order chi connectivity index (χ1) is 28.4. The molecule has 2 fully saturated rings. The van der Waals surface area contributed by atoms with Crippen LogP contribution in [0.4, 0.5) is 5.69 Å². The number of hydrogen-bond donors (Lipinski definition) is 2. The lowest BCUT2D eigenvalue weighted by atomic mass is 9.72. The first-order valence-electron chi connectivity index (χ1n) is 19.6. The van der Waals surface area contributed by atoms with Crippen LogP contribution in [-0.2, 0) is 19.5 Å². The largest absolute Gasteiger partial charge is 0.474 e. The molecule has 2 N–H and O–H groups in total. The molecule has 13 nitrogen and oxygen atoms in total. The summed E-state index contributed by atoms with van der Waals surface area (Å²) >= 11 is 12.6. The number of nitrogens with one attached hydrogen (secondary N) is 2. The monoisotopic (exact) mass is 860 g/mol. The average molecular weight is 862 g/mol. The van der Waals surface area contributed by atoms with Gasteiger partial charge in [0, 0.05) is 49.5 Å². The Bertz CT molecular complexity index is 2460. The van der Waals surface area contributed by atoms with Crippen LogP contribution in [0.3, 0.4) is 0 Å². The number of aromatic nitrogens is 3. The number of carbonyl (C=O) groups is 1. The molecular weight excluding hydrogens is 815 g/mol. The molecule has 2 aromatic heterocycles. The van der Waals surface area contributed by atoms with Gasteiger partial charge in [0.1, 0.15) is 34.1 Å². The first-order valence-corrected chi connectivity index (χ1v) is 21.9. The highest BCUT2D eigenvalue weighted by atomic mass is 35.5. The molecule has 0 spiro atoms. The standard InChI is InChI=1S/C43H46Cl2N6O7S/c1-43(2)13-12-29(35(22-43)28-6-8-30(44)9-7-28)25-50-14-16-51(17-15-50)31-10-11-34(40(20-31)58-39-5-3-4-38-36(39)24-47-48-38)41(52)49-59(53,54)33-21-37(45)42(46-23-33)57-27-32-26-55-18-19-56-32/h3-11,20-21,23-24,32H,12-19,22,25-27H2,1-2H3,(H,47,48)(H,49,52). The summed E-state index contributed by atoms with van der Waals surface area (Å²) in [5.74, 6) is -0.221. The molecule has 0 bridgehead atoms. The second-order valence-corrected chi connectivity index (χ2v) is 18.4. The summed E-state index contributed by atoms with van der Waals surface area (Å²) in [6.07, 6.45) is 5.65. The SMILES string of the molecule is CC1(C)CCC(CN2CCN(c3ccc(C(=O)NS(=O)(=O)c4cnc(OCC5COCCO5)c(Cl)c4)c(Oc4cccc5[nH]ncc45)c3)CC2)=C(c2ccc(Cl)cc2)C1. The maximum absolute atomic E-state index is 13.9. The van der Waals surface area contributed by atoms with Crippen molar-refractivity contribution >= 4 is 61.3 Å². The van der Waals surface area contributed by atoms with Crippen LogP contribution in [0.1, 0.15) is 49.0 Å². The number of piperazine rings is 1. The number of fused-ring (bicyclic) bond motifs is 1. The van der Waals surface area contributed by atoms with Crippen LogP contribution in [0.2, 0.25) is 10.0 Å². The number of rotatable bonds is 12. The van der Waals surface area contributed by atoms with Crippen molar-refractivity contribution in [3.63, 3.8) is 0 Å². The number of amides is 1. The number of hydrogen-bond acceptors (Lipinski definition) is 11. The molecule has 1 amide bonds. The van der Waals surface area contributed by atoms with Gasteiger partial charge in [0.05, 0.1) is 48.7 Å². The molecule has 4 heterocycles. The maximum atomic E-state index is 13.9. The Balaban J connectivity index is 0.993. The number of aromatic amines is 1. The van der Waals surface area contributed by atoms with Crippen LogP contribution in [-0.4, -0.2) is 99.7 Å². The average Bonchev–Trinajstić information content (AvgIpc) is 3.72. The summed E-state index contributed by atoms with van der Waals surface area (Å²) in [6, 6.07) is 20.0. The third kappa shape index (κ3) is 9.69. The minimum atomic E-state index is -4.42. The van der Waals surface area contributed by atoms with Crippen LogP contribution in [0.25, 0.3) is 16.5 Å². The molecule has 2 saturated heterocycles. The summed E-state index contributed by atoms with van der Waals surface area (Å²) in [5.41, 5.74) is 5.99. The van der Waals surface area contributed by atoms with E-state index in [9.17, 15) is 13.2 Å². The van der Waals surface area contributed by atoms with E-state index < -0.39 is 15.9 Å². The van der Waals surface area contributed by atoms with E-state index in [0.29, 0.717) is 31.0 Å². The second-order valence-electron chi connectivity index (χ2n) is 15.8. The number of allylic oxidation sites excluding steroid dienone is 1. The van der Waals surface area contributed by atoms with Crippen LogP contribution < -0.4 is 19.1 Å². The van der Waals surface area contributed by atoms with E-state index in [1.54, 1.807) is 24.4 Å². The van der Waals surface area contributed by atoms with Crippen LogP contribution in [0.5, 0.6) is 17.4 Å². The summed E-state index contributed by atoms with van der Waals surface area (Å²) in [4.78, 5) is 22.4. The minimum absolute atomic E-state index is 0.0204. The van der Waals surface area contributed by atoms with Gasteiger partial charge in [-0.25, -0.2) is 18.1 Å². The number of sulfonamides is 1. The molecule has 1 aliphatic carbocycles. The van der Waals surface area contributed by atoms with Gasteiger partial charge in [-0.05, 0) is 78.3 Å². The Labute approximate surface area is 353 Å². The van der Waals surface area contributed by atoms with Gasteiger partial charge < -0.3 is 23.8 Å². The number of anilines is 1.